The maximum atomic E-state index is 10.7. The zero-order valence-corrected chi connectivity index (χ0v) is 9.91. The van der Waals surface area contributed by atoms with E-state index >= 15 is 0 Å². The lowest BCUT2D eigenvalue weighted by atomic mass is 10.3. The number of carbonyl (C=O) groups is 1. The third-order valence-corrected chi connectivity index (χ3v) is 2.44. The average molecular weight is 247 g/mol. The molecule has 94 valence electrons. The third kappa shape index (κ3) is 2.65. The summed E-state index contributed by atoms with van der Waals surface area (Å²) in [6.07, 6.45) is 2.85. The second-order valence-electron chi connectivity index (χ2n) is 3.66. The Hall–Kier alpha value is -2.37. The van der Waals surface area contributed by atoms with E-state index in [1.807, 2.05) is 30.0 Å². The van der Waals surface area contributed by atoms with Crippen LogP contribution in [0.15, 0.2) is 35.1 Å². The number of pyridine rings is 1. The Morgan fingerprint density at radius 2 is 2.33 bits per heavy atom. The summed E-state index contributed by atoms with van der Waals surface area (Å²) in [4.78, 5) is 20.7. The van der Waals surface area contributed by atoms with Crippen LogP contribution in [-0.2, 0) is 6.54 Å². The Bertz CT molecular complexity index is 524. The SMILES string of the molecule is CCN(Cc1ccccn1)c1nc(C(=O)O)co1. The van der Waals surface area contributed by atoms with Crippen LogP contribution >= 0.6 is 0 Å². The zero-order valence-electron chi connectivity index (χ0n) is 9.91. The van der Waals surface area contributed by atoms with Crippen LogP contribution in [0.5, 0.6) is 0 Å². The summed E-state index contributed by atoms with van der Waals surface area (Å²) in [7, 11) is 0. The first kappa shape index (κ1) is 12.1. The average Bonchev–Trinajstić information content (AvgIpc) is 2.87. The van der Waals surface area contributed by atoms with Gasteiger partial charge in [-0.15, -0.1) is 0 Å². The number of oxazole rings is 1. The molecule has 0 saturated heterocycles. The van der Waals surface area contributed by atoms with Gasteiger partial charge >= 0.3 is 5.97 Å². The lowest BCUT2D eigenvalue weighted by Crippen LogP contribution is -2.23. The van der Waals surface area contributed by atoms with Crippen LogP contribution in [0.1, 0.15) is 23.1 Å². The Morgan fingerprint density at radius 3 is 2.89 bits per heavy atom. The van der Waals surface area contributed by atoms with Crippen LogP contribution in [-0.4, -0.2) is 27.6 Å². The van der Waals surface area contributed by atoms with Gasteiger partial charge in [0.15, 0.2) is 5.69 Å². The van der Waals surface area contributed by atoms with Crippen molar-refractivity contribution in [3.05, 3.63) is 42.0 Å². The van der Waals surface area contributed by atoms with Crippen molar-refractivity contribution in [1.82, 2.24) is 9.97 Å². The molecule has 0 radical (unpaired) electrons. The summed E-state index contributed by atoms with van der Waals surface area (Å²) in [6.45, 7) is 3.11. The summed E-state index contributed by atoms with van der Waals surface area (Å²) in [5, 5.41) is 8.79. The number of anilines is 1. The highest BCUT2D eigenvalue weighted by atomic mass is 16.4. The minimum absolute atomic E-state index is 0.0931. The van der Waals surface area contributed by atoms with Crippen molar-refractivity contribution in [2.75, 3.05) is 11.4 Å². The quantitative estimate of drug-likeness (QED) is 0.867. The molecule has 0 amide bonds. The number of hydrogen-bond donors (Lipinski definition) is 1. The first-order chi connectivity index (χ1) is 8.70. The van der Waals surface area contributed by atoms with Gasteiger partial charge in [0.25, 0.3) is 6.01 Å². The minimum Gasteiger partial charge on any atom is -0.476 e. The summed E-state index contributed by atoms with van der Waals surface area (Å²) in [5.74, 6) is -1.10. The van der Waals surface area contributed by atoms with Crippen LogP contribution < -0.4 is 4.90 Å². The second-order valence-corrected chi connectivity index (χ2v) is 3.66. The van der Waals surface area contributed by atoms with Gasteiger partial charge in [0.05, 0.1) is 12.2 Å². The van der Waals surface area contributed by atoms with Crippen molar-refractivity contribution < 1.29 is 14.3 Å². The number of carboxylic acids is 1. The van der Waals surface area contributed by atoms with Crippen LogP contribution in [0.4, 0.5) is 6.01 Å². The van der Waals surface area contributed by atoms with Crippen molar-refractivity contribution in [3.8, 4) is 0 Å². The highest BCUT2D eigenvalue weighted by Crippen LogP contribution is 2.15. The molecule has 2 rings (SSSR count). The summed E-state index contributed by atoms with van der Waals surface area (Å²) >= 11 is 0. The largest absolute Gasteiger partial charge is 0.476 e. The van der Waals surface area contributed by atoms with Crippen LogP contribution in [0.3, 0.4) is 0 Å². The van der Waals surface area contributed by atoms with Crippen molar-refractivity contribution >= 4 is 12.0 Å². The Kier molecular flexibility index (Phi) is 3.57. The molecule has 0 aromatic carbocycles. The van der Waals surface area contributed by atoms with Gasteiger partial charge in [-0.1, -0.05) is 6.07 Å². The fourth-order valence-corrected chi connectivity index (χ4v) is 1.51. The molecule has 0 aliphatic heterocycles. The van der Waals surface area contributed by atoms with E-state index in [9.17, 15) is 4.79 Å². The molecular formula is C12H13N3O3. The van der Waals surface area contributed by atoms with Gasteiger partial charge in [0.1, 0.15) is 6.26 Å². The van der Waals surface area contributed by atoms with Crippen LogP contribution in [0, 0.1) is 0 Å². The number of aromatic nitrogens is 2. The standard InChI is InChI=1S/C12H13N3O3/c1-2-15(7-9-5-3-4-6-13-9)12-14-10(8-18-12)11(16)17/h3-6,8H,2,7H2,1H3,(H,16,17). The second kappa shape index (κ2) is 5.31. The van der Waals surface area contributed by atoms with Gasteiger partial charge in [-0.3, -0.25) is 4.98 Å². The number of hydrogen-bond acceptors (Lipinski definition) is 5. The predicted molar refractivity (Wildman–Crippen MR) is 64.4 cm³/mol. The van der Waals surface area contributed by atoms with E-state index in [1.165, 1.54) is 0 Å². The molecule has 0 saturated carbocycles. The van der Waals surface area contributed by atoms with E-state index in [1.54, 1.807) is 6.20 Å². The maximum absolute atomic E-state index is 10.7. The summed E-state index contributed by atoms with van der Waals surface area (Å²) in [5.41, 5.74) is 0.777. The zero-order chi connectivity index (χ0) is 13.0. The van der Waals surface area contributed by atoms with Gasteiger partial charge in [0, 0.05) is 12.7 Å². The lowest BCUT2D eigenvalue weighted by molar-refractivity contribution is 0.0690. The molecule has 6 heteroatoms. The number of rotatable bonds is 5. The Labute approximate surface area is 104 Å². The van der Waals surface area contributed by atoms with Crippen molar-refractivity contribution in [2.45, 2.75) is 13.5 Å². The number of carboxylic acid groups (broad SMARTS) is 1. The molecular weight excluding hydrogens is 234 g/mol. The monoisotopic (exact) mass is 247 g/mol. The molecule has 0 atom stereocenters. The summed E-state index contributed by atoms with van der Waals surface area (Å²) < 4.78 is 5.16. The van der Waals surface area contributed by atoms with Crippen LogP contribution in [0.2, 0.25) is 0 Å². The molecule has 0 bridgehead atoms. The molecule has 18 heavy (non-hydrogen) atoms. The van der Waals surface area contributed by atoms with Crippen molar-refractivity contribution in [1.29, 1.82) is 0 Å². The number of nitrogens with zero attached hydrogens (tertiary/aromatic N) is 3. The fourth-order valence-electron chi connectivity index (χ4n) is 1.51. The van der Waals surface area contributed by atoms with E-state index in [0.717, 1.165) is 12.0 Å². The first-order valence-electron chi connectivity index (χ1n) is 5.54. The Balaban J connectivity index is 2.15. The van der Waals surface area contributed by atoms with Gasteiger partial charge in [0.2, 0.25) is 0 Å². The van der Waals surface area contributed by atoms with Gasteiger partial charge in [-0.2, -0.15) is 4.98 Å². The molecule has 2 heterocycles. The third-order valence-electron chi connectivity index (χ3n) is 2.44. The molecule has 2 aromatic heterocycles. The lowest BCUT2D eigenvalue weighted by Gasteiger charge is -2.17. The maximum Gasteiger partial charge on any atom is 0.357 e. The Morgan fingerprint density at radius 1 is 1.50 bits per heavy atom. The molecule has 1 N–H and O–H groups in total. The fraction of sp³-hybridized carbons (Fsp3) is 0.250. The van der Waals surface area contributed by atoms with Crippen molar-refractivity contribution in [3.63, 3.8) is 0 Å². The van der Waals surface area contributed by atoms with E-state index in [-0.39, 0.29) is 5.69 Å². The molecule has 0 aliphatic rings. The molecule has 0 unspecified atom stereocenters. The van der Waals surface area contributed by atoms with E-state index in [0.29, 0.717) is 19.1 Å². The molecule has 0 aliphatic carbocycles. The van der Waals surface area contributed by atoms with Gasteiger partial charge < -0.3 is 14.4 Å². The van der Waals surface area contributed by atoms with Gasteiger partial charge in [-0.25, -0.2) is 4.79 Å². The molecule has 0 spiro atoms. The molecule has 6 nitrogen and oxygen atoms in total. The highest BCUT2D eigenvalue weighted by molar-refractivity contribution is 5.85. The van der Waals surface area contributed by atoms with Crippen LogP contribution in [0.25, 0.3) is 0 Å². The van der Waals surface area contributed by atoms with Crippen molar-refractivity contribution in [2.24, 2.45) is 0 Å². The minimum atomic E-state index is -1.10. The first-order valence-corrected chi connectivity index (χ1v) is 5.54. The highest BCUT2D eigenvalue weighted by Gasteiger charge is 2.15. The smallest absolute Gasteiger partial charge is 0.357 e. The summed E-state index contributed by atoms with van der Waals surface area (Å²) in [6, 6.07) is 5.92. The normalized spacial score (nSPS) is 10.3. The number of aromatic carboxylic acids is 1. The van der Waals surface area contributed by atoms with E-state index in [2.05, 4.69) is 9.97 Å². The molecule has 0 fully saturated rings. The topological polar surface area (TPSA) is 79.5 Å². The van der Waals surface area contributed by atoms with E-state index in [4.69, 9.17) is 9.52 Å². The predicted octanol–water partition coefficient (Wildman–Crippen LogP) is 1.79. The molecule has 2 aromatic rings. The van der Waals surface area contributed by atoms with E-state index < -0.39 is 5.97 Å². The van der Waals surface area contributed by atoms with Gasteiger partial charge in [-0.05, 0) is 19.1 Å².